The molecule has 5 heteroatoms. The average molecular weight is 626 g/mol. The molecule has 1 radical (unpaired) electrons. The summed E-state index contributed by atoms with van der Waals surface area (Å²) in [4.78, 5) is 15.4. The van der Waals surface area contributed by atoms with E-state index in [4.69, 9.17) is 0 Å². The number of allylic oxidation sites excluding steroid dienone is 2. The monoisotopic (exact) mass is 626 g/mol. The smallest absolute Gasteiger partial charge is 0.155 e. The van der Waals surface area contributed by atoms with E-state index in [0.29, 0.717) is 6.42 Å². The van der Waals surface area contributed by atoms with Gasteiger partial charge in [0.1, 0.15) is 5.65 Å². The van der Waals surface area contributed by atoms with Crippen molar-refractivity contribution in [2.75, 3.05) is 0 Å². The Morgan fingerprint density at radius 2 is 1.88 bits per heavy atom. The standard InChI is InChI=1S/C15H9N2.C14H16O2.Ir/c1-2-6-12-11(5-1)8-9-13-15(12)16-14-7-3-4-10-17(13)14;1-3-12-4-6-13(7-5-12)8-9-14(16)10-11(2)15;/h1-5,7-10H;3-7,10,16H,1,8-9H2,2H3;/q-1;;. The van der Waals surface area contributed by atoms with Crippen LogP contribution in [0.4, 0.5) is 0 Å². The molecular weight excluding hydrogens is 601 g/mol. The van der Waals surface area contributed by atoms with Gasteiger partial charge >= 0.3 is 0 Å². The fraction of sp³-hybridized carbons (Fsp3) is 0.103. The molecule has 34 heavy (non-hydrogen) atoms. The van der Waals surface area contributed by atoms with E-state index in [0.717, 1.165) is 39.6 Å². The van der Waals surface area contributed by atoms with Crippen LogP contribution in [-0.2, 0) is 31.3 Å². The third-order valence-electron chi connectivity index (χ3n) is 5.37. The van der Waals surface area contributed by atoms with Crippen molar-refractivity contribution in [3.63, 3.8) is 0 Å². The number of hydrogen-bond acceptors (Lipinski definition) is 3. The number of pyridine rings is 1. The van der Waals surface area contributed by atoms with E-state index in [1.54, 1.807) is 6.08 Å². The molecule has 2 heterocycles. The zero-order valence-electron chi connectivity index (χ0n) is 18.9. The minimum absolute atomic E-state index is 0. The number of rotatable bonds is 5. The number of carbonyl (C=O) groups excluding carboxylic acids is 1. The third kappa shape index (κ3) is 5.87. The fourth-order valence-corrected chi connectivity index (χ4v) is 3.72. The van der Waals surface area contributed by atoms with Crippen LogP contribution in [0.25, 0.3) is 33.5 Å². The van der Waals surface area contributed by atoms with Gasteiger partial charge in [-0.2, -0.15) is 0 Å². The molecule has 0 aliphatic carbocycles. The number of aliphatic hydroxyl groups is 1. The third-order valence-corrected chi connectivity index (χ3v) is 5.37. The predicted octanol–water partition coefficient (Wildman–Crippen LogP) is 6.73. The summed E-state index contributed by atoms with van der Waals surface area (Å²) in [6.07, 6.45) is 6.31. The largest absolute Gasteiger partial charge is 0.512 e. The van der Waals surface area contributed by atoms with Gasteiger partial charge in [-0.05, 0) is 36.6 Å². The Morgan fingerprint density at radius 3 is 2.62 bits per heavy atom. The summed E-state index contributed by atoms with van der Waals surface area (Å²) in [6, 6.07) is 27.6. The molecule has 0 bridgehead atoms. The number of aliphatic hydroxyl groups excluding tert-OH is 1. The van der Waals surface area contributed by atoms with E-state index in [1.165, 1.54) is 18.4 Å². The number of fused-ring (bicyclic) bond motifs is 5. The van der Waals surface area contributed by atoms with Crippen molar-refractivity contribution >= 4 is 39.3 Å². The van der Waals surface area contributed by atoms with Crippen LogP contribution in [0, 0.1) is 6.07 Å². The van der Waals surface area contributed by atoms with Crippen molar-refractivity contribution in [3.05, 3.63) is 115 Å². The number of hydrogen-bond donors (Lipinski definition) is 1. The van der Waals surface area contributed by atoms with Crippen LogP contribution in [0.1, 0.15) is 24.5 Å². The average Bonchev–Trinajstić information content (AvgIpc) is 3.22. The van der Waals surface area contributed by atoms with Gasteiger partial charge in [-0.25, -0.2) is 0 Å². The molecule has 0 aliphatic heterocycles. The summed E-state index contributed by atoms with van der Waals surface area (Å²) >= 11 is 0. The Balaban J connectivity index is 0.000000186. The Bertz CT molecular complexity index is 1470. The number of ketones is 1. The Morgan fingerprint density at radius 1 is 1.09 bits per heavy atom. The van der Waals surface area contributed by atoms with Crippen LogP contribution in [0.2, 0.25) is 0 Å². The normalized spacial score (nSPS) is 11.0. The molecule has 3 aromatic carbocycles. The maximum atomic E-state index is 10.7. The molecule has 0 fully saturated rings. The van der Waals surface area contributed by atoms with Crippen LogP contribution >= 0.6 is 0 Å². The summed E-state index contributed by atoms with van der Waals surface area (Å²) in [7, 11) is 0. The van der Waals surface area contributed by atoms with Crippen LogP contribution in [-0.4, -0.2) is 20.3 Å². The minimum Gasteiger partial charge on any atom is -0.512 e. The van der Waals surface area contributed by atoms with E-state index in [9.17, 15) is 9.90 Å². The van der Waals surface area contributed by atoms with Crippen LogP contribution in [0.5, 0.6) is 0 Å². The zero-order chi connectivity index (χ0) is 23.2. The van der Waals surface area contributed by atoms with Crippen molar-refractivity contribution in [1.82, 2.24) is 9.38 Å². The summed E-state index contributed by atoms with van der Waals surface area (Å²) in [5, 5.41) is 11.7. The number of benzene rings is 3. The van der Waals surface area contributed by atoms with Gasteiger partial charge in [0, 0.05) is 49.8 Å². The molecule has 0 unspecified atom stereocenters. The molecule has 5 aromatic rings. The Kier molecular flexibility index (Phi) is 8.53. The first-order chi connectivity index (χ1) is 16.0. The molecule has 0 saturated carbocycles. The summed E-state index contributed by atoms with van der Waals surface area (Å²) in [5.41, 5.74) is 5.35. The van der Waals surface area contributed by atoms with Gasteiger partial charge in [0.15, 0.2) is 5.78 Å². The van der Waals surface area contributed by atoms with Crippen LogP contribution in [0.3, 0.4) is 0 Å². The SMILES string of the molecule is C=Cc1ccc(CCC(O)=CC(C)=O)cc1.[Ir].[c-]1cccc2ccc3c(nc4ccccn43)c12. The number of imidazole rings is 1. The second-order valence-corrected chi connectivity index (χ2v) is 7.80. The molecule has 0 spiro atoms. The summed E-state index contributed by atoms with van der Waals surface area (Å²) in [6.45, 7) is 5.11. The van der Waals surface area contributed by atoms with Crippen LogP contribution in [0.15, 0.2) is 97.4 Å². The molecule has 2 aromatic heterocycles. The van der Waals surface area contributed by atoms with Crippen molar-refractivity contribution in [3.8, 4) is 0 Å². The van der Waals surface area contributed by atoms with Crippen molar-refractivity contribution < 1.29 is 30.0 Å². The van der Waals surface area contributed by atoms with Gasteiger partial charge in [-0.3, -0.25) is 9.78 Å². The first kappa shape index (κ1) is 25.1. The minimum atomic E-state index is -0.125. The van der Waals surface area contributed by atoms with Crippen LogP contribution < -0.4 is 0 Å². The molecule has 173 valence electrons. The molecule has 1 N–H and O–H groups in total. The first-order valence-corrected chi connectivity index (χ1v) is 10.8. The first-order valence-electron chi connectivity index (χ1n) is 10.8. The van der Waals surface area contributed by atoms with Gasteiger partial charge in [-0.1, -0.05) is 55.1 Å². The summed E-state index contributed by atoms with van der Waals surface area (Å²) in [5.74, 6) is 0.0137. The zero-order valence-corrected chi connectivity index (χ0v) is 21.3. The van der Waals surface area contributed by atoms with Crippen molar-refractivity contribution in [1.29, 1.82) is 0 Å². The van der Waals surface area contributed by atoms with Gasteiger partial charge in [0.25, 0.3) is 0 Å². The maximum Gasteiger partial charge on any atom is 0.155 e. The number of aryl methyl sites for hydroxylation is 1. The van der Waals surface area contributed by atoms with E-state index in [1.807, 2.05) is 60.8 Å². The second-order valence-electron chi connectivity index (χ2n) is 7.80. The van der Waals surface area contributed by atoms with E-state index < -0.39 is 0 Å². The van der Waals surface area contributed by atoms with Gasteiger partial charge in [0.05, 0.1) is 5.76 Å². The molecule has 4 nitrogen and oxygen atoms in total. The Labute approximate surface area is 212 Å². The van der Waals surface area contributed by atoms with Gasteiger partial charge in [0.2, 0.25) is 0 Å². The number of nitrogens with zero attached hydrogens (tertiary/aromatic N) is 2. The van der Waals surface area contributed by atoms with E-state index in [-0.39, 0.29) is 31.6 Å². The fourth-order valence-electron chi connectivity index (χ4n) is 3.72. The van der Waals surface area contributed by atoms with E-state index in [2.05, 4.69) is 40.2 Å². The van der Waals surface area contributed by atoms with Gasteiger partial charge < -0.3 is 9.51 Å². The maximum absolute atomic E-state index is 10.7. The van der Waals surface area contributed by atoms with Gasteiger partial charge in [-0.15, -0.1) is 35.0 Å². The summed E-state index contributed by atoms with van der Waals surface area (Å²) < 4.78 is 2.11. The molecule has 0 saturated heterocycles. The second kappa shape index (κ2) is 11.6. The molecular formula is C29H25IrN2O2-. The topological polar surface area (TPSA) is 54.6 Å². The molecule has 0 atom stereocenters. The number of carbonyl (C=O) groups is 1. The van der Waals surface area contributed by atoms with Crippen molar-refractivity contribution in [2.45, 2.75) is 19.8 Å². The molecule has 0 amide bonds. The quantitative estimate of drug-likeness (QED) is 0.134. The number of aromatic nitrogens is 2. The Hall–Kier alpha value is -3.53. The van der Waals surface area contributed by atoms with E-state index >= 15 is 0 Å². The predicted molar refractivity (Wildman–Crippen MR) is 135 cm³/mol. The molecule has 0 aliphatic rings. The van der Waals surface area contributed by atoms with Crippen molar-refractivity contribution in [2.24, 2.45) is 0 Å². The molecule has 5 rings (SSSR count).